The molecule has 0 aliphatic carbocycles. The zero-order chi connectivity index (χ0) is 47.9. The van der Waals surface area contributed by atoms with Crippen molar-refractivity contribution < 1.29 is 23.6 Å². The standard InChI is InChI=1S/C50H45NO/c1-30(2)43-26-40(39-22-20-38(21-23-39)37-18-16-36(17-19-37)35-12-9-8-10-13-35)27-44(31(3)4)49(43)45-28-46(51-29-34(45)7)41-14-11-15-42-48-33(6)24-32(5)25-47(48)52-50(41)42/h8-31H,1-7H3/i1D3,3D3,5D3,7D3,30D,31D. The Bertz CT molecular complexity index is 3070. The van der Waals surface area contributed by atoms with Crippen LogP contribution in [-0.4, -0.2) is 4.98 Å². The molecule has 0 aliphatic heterocycles. The molecule has 0 spiro atoms. The lowest BCUT2D eigenvalue weighted by molar-refractivity contribution is 0.669. The summed E-state index contributed by atoms with van der Waals surface area (Å²) in [4.78, 5) is 4.57. The Balaban J connectivity index is 1.37. The second-order valence-electron chi connectivity index (χ2n) is 13.3. The van der Waals surface area contributed by atoms with Crippen LogP contribution >= 0.6 is 0 Å². The van der Waals surface area contributed by atoms with Crippen LogP contribution in [0.5, 0.6) is 0 Å². The molecule has 6 aromatic carbocycles. The smallest absolute Gasteiger partial charge is 0.144 e. The number of hydrogen-bond donors (Lipinski definition) is 0. The van der Waals surface area contributed by atoms with Gasteiger partial charge in [0.15, 0.2) is 0 Å². The monoisotopic (exact) mass is 689 g/mol. The van der Waals surface area contributed by atoms with Crippen molar-refractivity contribution in [2.75, 3.05) is 0 Å². The molecule has 2 aromatic heterocycles. The van der Waals surface area contributed by atoms with Gasteiger partial charge in [0.25, 0.3) is 0 Å². The highest BCUT2D eigenvalue weighted by molar-refractivity contribution is 6.11. The first-order chi connectivity index (χ1) is 30.7. The molecule has 52 heavy (non-hydrogen) atoms. The molecule has 2 unspecified atom stereocenters. The Morgan fingerprint density at radius 2 is 1.21 bits per heavy atom. The third-order valence-corrected chi connectivity index (χ3v) is 9.73. The van der Waals surface area contributed by atoms with Gasteiger partial charge >= 0.3 is 0 Å². The number of fused-ring (bicyclic) bond motifs is 3. The molecule has 2 nitrogen and oxygen atoms in total. The van der Waals surface area contributed by atoms with E-state index in [1.807, 2.05) is 66.7 Å². The van der Waals surface area contributed by atoms with Crippen molar-refractivity contribution in [1.29, 1.82) is 0 Å². The summed E-state index contributed by atoms with van der Waals surface area (Å²) in [7, 11) is 0. The molecule has 0 N–H and O–H groups in total. The van der Waals surface area contributed by atoms with Gasteiger partial charge in [0.05, 0.1) is 5.69 Å². The van der Waals surface area contributed by atoms with Crippen molar-refractivity contribution in [2.24, 2.45) is 0 Å². The Morgan fingerprint density at radius 3 is 1.81 bits per heavy atom. The zero-order valence-corrected chi connectivity index (χ0v) is 29.1. The van der Waals surface area contributed by atoms with Crippen molar-refractivity contribution in [1.82, 2.24) is 4.98 Å². The minimum atomic E-state index is -3.03. The topological polar surface area (TPSA) is 26.0 Å². The van der Waals surface area contributed by atoms with Gasteiger partial charge in [0.1, 0.15) is 11.2 Å². The quantitative estimate of drug-likeness (QED) is 0.166. The van der Waals surface area contributed by atoms with Gasteiger partial charge in [-0.15, -0.1) is 0 Å². The number of pyridine rings is 1. The summed E-state index contributed by atoms with van der Waals surface area (Å²) in [5, 5.41) is 1.29. The second kappa shape index (κ2) is 13.4. The minimum Gasteiger partial charge on any atom is -0.455 e. The summed E-state index contributed by atoms with van der Waals surface area (Å²) in [6.45, 7) is -7.25. The normalized spacial score (nSPS) is 18.9. The van der Waals surface area contributed by atoms with Crippen molar-refractivity contribution in [2.45, 2.75) is 60.0 Å². The minimum absolute atomic E-state index is 0.0872. The molecule has 2 heteroatoms. The molecular formula is C50H45NO. The van der Waals surface area contributed by atoms with E-state index in [1.54, 1.807) is 43.3 Å². The largest absolute Gasteiger partial charge is 0.455 e. The lowest BCUT2D eigenvalue weighted by Crippen LogP contribution is -2.03. The maximum Gasteiger partial charge on any atom is 0.144 e. The number of furan rings is 1. The molecule has 0 amide bonds. The van der Waals surface area contributed by atoms with Crippen LogP contribution in [0.4, 0.5) is 0 Å². The lowest BCUT2D eigenvalue weighted by Gasteiger charge is -2.24. The maximum absolute atomic E-state index is 9.57. The fourth-order valence-electron chi connectivity index (χ4n) is 7.18. The van der Waals surface area contributed by atoms with E-state index in [0.717, 1.165) is 28.5 Å². The van der Waals surface area contributed by atoms with Crippen LogP contribution in [0, 0.1) is 20.6 Å². The van der Waals surface area contributed by atoms with Crippen LogP contribution in [0.25, 0.3) is 77.7 Å². The van der Waals surface area contributed by atoms with Gasteiger partial charge in [-0.3, -0.25) is 4.98 Å². The van der Waals surface area contributed by atoms with Gasteiger partial charge in [-0.1, -0.05) is 137 Å². The lowest BCUT2D eigenvalue weighted by atomic mass is 9.81. The van der Waals surface area contributed by atoms with Crippen LogP contribution in [0.15, 0.2) is 138 Å². The Morgan fingerprint density at radius 1 is 0.596 bits per heavy atom. The van der Waals surface area contributed by atoms with E-state index in [9.17, 15) is 2.74 Å². The number of rotatable bonds is 7. The van der Waals surface area contributed by atoms with Crippen molar-refractivity contribution in [3.8, 4) is 55.8 Å². The van der Waals surface area contributed by atoms with Gasteiger partial charge in [-0.2, -0.15) is 0 Å². The first-order valence-electron chi connectivity index (χ1n) is 24.1. The van der Waals surface area contributed by atoms with E-state index >= 15 is 0 Å². The molecule has 2 atom stereocenters. The predicted octanol–water partition coefficient (Wildman–Crippen LogP) is 14.5. The molecule has 8 aromatic rings. The number of hydrogen-bond acceptors (Lipinski definition) is 2. The van der Waals surface area contributed by atoms with Crippen LogP contribution < -0.4 is 0 Å². The Hall–Kier alpha value is -5.73. The zero-order valence-electron chi connectivity index (χ0n) is 43.1. The molecular weight excluding hydrogens is 631 g/mol. The first-order valence-corrected chi connectivity index (χ1v) is 17.1. The predicted molar refractivity (Wildman–Crippen MR) is 221 cm³/mol. The van der Waals surface area contributed by atoms with Crippen molar-refractivity contribution in [3.63, 3.8) is 0 Å². The summed E-state index contributed by atoms with van der Waals surface area (Å²) in [5.74, 6) is -4.96. The molecule has 2 heterocycles. The fraction of sp³-hybridized carbons (Fsp3) is 0.180. The van der Waals surface area contributed by atoms with E-state index < -0.39 is 39.2 Å². The highest BCUT2D eigenvalue weighted by atomic mass is 16.3. The third kappa shape index (κ3) is 6.03. The van der Waals surface area contributed by atoms with Gasteiger partial charge in [0, 0.05) is 41.7 Å². The molecule has 0 radical (unpaired) electrons. The van der Waals surface area contributed by atoms with Crippen molar-refractivity contribution >= 4 is 21.9 Å². The van der Waals surface area contributed by atoms with Gasteiger partial charge in [-0.05, 0) is 123 Å². The van der Waals surface area contributed by atoms with Crippen LogP contribution in [0.3, 0.4) is 0 Å². The molecule has 0 aliphatic rings. The van der Waals surface area contributed by atoms with E-state index in [-0.39, 0.29) is 39.1 Å². The van der Waals surface area contributed by atoms with Gasteiger partial charge in [0.2, 0.25) is 0 Å². The van der Waals surface area contributed by atoms with E-state index in [4.69, 9.17) is 20.9 Å². The van der Waals surface area contributed by atoms with Gasteiger partial charge < -0.3 is 4.42 Å². The van der Waals surface area contributed by atoms with Gasteiger partial charge in [-0.25, -0.2) is 0 Å². The maximum atomic E-state index is 9.57. The number of benzene rings is 6. The fourth-order valence-corrected chi connectivity index (χ4v) is 7.18. The summed E-state index contributed by atoms with van der Waals surface area (Å²) in [6, 6.07) is 38.0. The Labute approximate surface area is 327 Å². The molecule has 0 saturated heterocycles. The summed E-state index contributed by atoms with van der Waals surface area (Å²) in [5.41, 5.74) is 5.57. The highest BCUT2D eigenvalue weighted by Crippen LogP contribution is 2.43. The molecule has 256 valence electrons. The SMILES string of the molecule is [2H]C([2H])([2H])c1cc(C)c2c(c1)oc1c(-c3cc(-c4c(C([2H])(C)C([2H])([2H])[2H])cc(-c5ccc(-c6ccc(-c7ccccc7)cc6)cc5)cc4C([2H])(C)C([2H])([2H])[2H])c(C([2H])([2H])[2H])cn3)cccc12. The number of aryl methyl sites for hydroxylation is 3. The summed E-state index contributed by atoms with van der Waals surface area (Å²) in [6.07, 6.45) is 1.12. The number of aromatic nitrogens is 1. The average Bonchev–Trinajstić information content (AvgIpc) is 3.64. The number of nitrogens with zero attached hydrogens (tertiary/aromatic N) is 1. The van der Waals surface area contributed by atoms with Crippen LogP contribution in [0.2, 0.25) is 0 Å². The molecule has 0 saturated carbocycles. The molecule has 8 rings (SSSR count). The van der Waals surface area contributed by atoms with E-state index in [2.05, 4.69) is 4.98 Å². The second-order valence-corrected chi connectivity index (χ2v) is 13.3. The Kier molecular flexibility index (Phi) is 5.41. The van der Waals surface area contributed by atoms with E-state index in [1.165, 1.54) is 38.1 Å². The summed E-state index contributed by atoms with van der Waals surface area (Å²) < 4.78 is 127. The third-order valence-electron chi connectivity index (χ3n) is 9.73. The summed E-state index contributed by atoms with van der Waals surface area (Å²) >= 11 is 0. The molecule has 0 fully saturated rings. The highest BCUT2D eigenvalue weighted by Gasteiger charge is 2.22. The average molecular weight is 690 g/mol. The first kappa shape index (κ1) is 21.0. The van der Waals surface area contributed by atoms with Crippen molar-refractivity contribution in [3.05, 3.63) is 161 Å². The van der Waals surface area contributed by atoms with Crippen LogP contribution in [0.1, 0.15) is 86.3 Å². The molecule has 0 bridgehead atoms. The van der Waals surface area contributed by atoms with Crippen LogP contribution in [-0.2, 0) is 0 Å². The number of para-hydroxylation sites is 1. The van der Waals surface area contributed by atoms with E-state index in [0.29, 0.717) is 44.2 Å².